The normalized spacial score (nSPS) is 28.7. The van der Waals surface area contributed by atoms with E-state index in [0.717, 1.165) is 44.1 Å². The molecule has 11 nitrogen and oxygen atoms in total. The molecule has 4 saturated carbocycles. The number of hydrazone groups is 1. The number of para-hydroxylation sites is 1. The fourth-order valence-electron chi connectivity index (χ4n) is 8.94. The van der Waals surface area contributed by atoms with Gasteiger partial charge in [0.05, 0.1) is 42.8 Å². The molecule has 0 saturated heterocycles. The third kappa shape index (κ3) is 4.74. The van der Waals surface area contributed by atoms with Gasteiger partial charge in [-0.05, 0) is 94.8 Å². The Morgan fingerprint density at radius 3 is 2.55 bits per heavy atom. The van der Waals surface area contributed by atoms with Crippen LogP contribution in [0.2, 0.25) is 0 Å². The number of aromatic nitrogens is 2. The van der Waals surface area contributed by atoms with Gasteiger partial charge in [-0.15, -0.1) is 0 Å². The van der Waals surface area contributed by atoms with Crippen LogP contribution in [0.3, 0.4) is 0 Å². The molecule has 3 unspecified atom stereocenters. The molecule has 1 aliphatic heterocycles. The van der Waals surface area contributed by atoms with E-state index >= 15 is 0 Å². The summed E-state index contributed by atoms with van der Waals surface area (Å²) in [6.07, 6.45) is 8.04. The highest BCUT2D eigenvalue weighted by molar-refractivity contribution is 9.10. The number of aromatic hydroxyl groups is 1. The number of amides is 1. The maximum atomic E-state index is 14.4. The van der Waals surface area contributed by atoms with Crippen LogP contribution in [0, 0.1) is 27.4 Å². The van der Waals surface area contributed by atoms with E-state index in [1.165, 1.54) is 0 Å². The van der Waals surface area contributed by atoms with Crippen molar-refractivity contribution in [2.24, 2.45) is 22.4 Å². The number of phenolic OH excluding ortho intramolecular Hbond substituents is 1. The lowest BCUT2D eigenvalue weighted by Gasteiger charge is -2.61. The highest BCUT2D eigenvalue weighted by Crippen LogP contribution is 2.65. The quantitative estimate of drug-likeness (QED) is 0.220. The summed E-state index contributed by atoms with van der Waals surface area (Å²) in [7, 11) is 3.18. The monoisotopic (exact) mass is 663 g/mol. The first-order chi connectivity index (χ1) is 21.1. The molecular formula is C32H34BrN5O6. The summed E-state index contributed by atoms with van der Waals surface area (Å²) in [5.74, 6) is 1.96. The van der Waals surface area contributed by atoms with Crippen molar-refractivity contribution in [3.63, 3.8) is 0 Å². The standard InChI is InChI=1S/C32H34BrN5O6/c1-43-21-7-8-22(28(10-21)44-2)25-11-26(23-5-3-4-6-27(23)39)37(34-25)29(40)16-31-12-19-9-20(13-31)15-32(14-19,18-31)36-17-24(33)30(35-36)38(41)42/h3-8,10,17,19-20,26,39H,9,11-16,18H2,1-2H3. The van der Waals surface area contributed by atoms with Crippen molar-refractivity contribution < 1.29 is 24.3 Å². The van der Waals surface area contributed by atoms with Crippen LogP contribution >= 0.6 is 15.9 Å². The summed E-state index contributed by atoms with van der Waals surface area (Å²) in [5.41, 5.74) is 1.50. The Kier molecular flexibility index (Phi) is 6.95. The first-order valence-electron chi connectivity index (χ1n) is 14.9. The van der Waals surface area contributed by atoms with Gasteiger partial charge in [0, 0.05) is 30.0 Å². The fourth-order valence-corrected chi connectivity index (χ4v) is 9.36. The summed E-state index contributed by atoms with van der Waals surface area (Å²) in [6, 6.07) is 12.1. The van der Waals surface area contributed by atoms with E-state index in [1.54, 1.807) is 43.6 Å². The van der Waals surface area contributed by atoms with Crippen LogP contribution in [0.4, 0.5) is 5.82 Å². The van der Waals surface area contributed by atoms with Crippen molar-refractivity contribution in [2.75, 3.05) is 14.2 Å². The van der Waals surface area contributed by atoms with Gasteiger partial charge in [0.2, 0.25) is 5.91 Å². The van der Waals surface area contributed by atoms with Crippen molar-refractivity contribution in [3.8, 4) is 17.2 Å². The van der Waals surface area contributed by atoms with E-state index in [-0.39, 0.29) is 28.4 Å². The topological polar surface area (TPSA) is 132 Å². The molecule has 4 aliphatic carbocycles. The predicted molar refractivity (Wildman–Crippen MR) is 165 cm³/mol. The van der Waals surface area contributed by atoms with Crippen molar-refractivity contribution >= 4 is 33.4 Å². The van der Waals surface area contributed by atoms with Crippen LogP contribution in [0.5, 0.6) is 17.2 Å². The first-order valence-corrected chi connectivity index (χ1v) is 15.7. The largest absolute Gasteiger partial charge is 0.508 e. The Hall–Kier alpha value is -3.93. The van der Waals surface area contributed by atoms with E-state index in [2.05, 4.69) is 21.0 Å². The average molecular weight is 665 g/mol. The smallest absolute Gasteiger partial charge is 0.404 e. The van der Waals surface area contributed by atoms with Gasteiger partial charge in [-0.3, -0.25) is 4.79 Å². The molecule has 8 rings (SSSR count). The number of benzene rings is 2. The molecule has 230 valence electrons. The third-order valence-electron chi connectivity index (χ3n) is 10.2. The highest BCUT2D eigenvalue weighted by Gasteiger charge is 2.61. The number of nitro groups is 1. The van der Waals surface area contributed by atoms with E-state index in [0.29, 0.717) is 51.9 Å². The minimum absolute atomic E-state index is 0.0922. The lowest BCUT2D eigenvalue weighted by Crippen LogP contribution is -2.57. The van der Waals surface area contributed by atoms with Gasteiger partial charge in [0.25, 0.3) is 0 Å². The zero-order valence-corrected chi connectivity index (χ0v) is 26.2. The number of hydrogen-bond donors (Lipinski definition) is 1. The number of halogens is 1. The first kappa shape index (κ1) is 28.8. The second kappa shape index (κ2) is 10.6. The number of carbonyl (C=O) groups is 1. The number of hydrogen-bond acceptors (Lipinski definition) is 8. The molecule has 3 atom stereocenters. The van der Waals surface area contributed by atoms with Crippen LogP contribution in [-0.2, 0) is 10.3 Å². The lowest BCUT2D eigenvalue weighted by atomic mass is 9.46. The molecule has 4 bridgehead atoms. The molecule has 0 radical (unpaired) electrons. The Labute approximate surface area is 263 Å². The van der Waals surface area contributed by atoms with Crippen LogP contribution in [0.15, 0.2) is 58.2 Å². The summed E-state index contributed by atoms with van der Waals surface area (Å²) in [4.78, 5) is 25.5. The van der Waals surface area contributed by atoms with Crippen molar-refractivity contribution in [1.82, 2.24) is 14.8 Å². The Balaban J connectivity index is 1.23. The molecular weight excluding hydrogens is 630 g/mol. The van der Waals surface area contributed by atoms with Gasteiger partial charge >= 0.3 is 5.82 Å². The molecule has 3 aromatic rings. The highest BCUT2D eigenvalue weighted by atomic mass is 79.9. The predicted octanol–water partition coefficient (Wildman–Crippen LogP) is 6.34. The van der Waals surface area contributed by atoms with E-state index in [1.807, 2.05) is 28.9 Å². The molecule has 1 N–H and O–H groups in total. The van der Waals surface area contributed by atoms with Crippen LogP contribution in [0.1, 0.15) is 68.5 Å². The van der Waals surface area contributed by atoms with Crippen LogP contribution in [-0.4, -0.2) is 50.7 Å². The average Bonchev–Trinajstić information content (AvgIpc) is 3.61. The summed E-state index contributed by atoms with van der Waals surface area (Å²) in [5, 5.41) is 33.3. The minimum atomic E-state index is -0.474. The second-order valence-corrected chi connectivity index (χ2v) is 13.8. The van der Waals surface area contributed by atoms with Gasteiger partial charge in [0.15, 0.2) is 0 Å². The summed E-state index contributed by atoms with van der Waals surface area (Å²) in [6.45, 7) is 0. The Morgan fingerprint density at radius 1 is 1.14 bits per heavy atom. The molecule has 44 heavy (non-hydrogen) atoms. The number of methoxy groups -OCH3 is 2. The third-order valence-corrected chi connectivity index (χ3v) is 10.7. The maximum absolute atomic E-state index is 14.4. The molecule has 0 spiro atoms. The van der Waals surface area contributed by atoms with Crippen molar-refractivity contribution in [3.05, 3.63) is 74.4 Å². The van der Waals surface area contributed by atoms with Crippen LogP contribution < -0.4 is 9.47 Å². The number of nitrogens with zero attached hydrogens (tertiary/aromatic N) is 5. The van der Waals surface area contributed by atoms with Gasteiger partial charge in [0.1, 0.15) is 21.7 Å². The fraction of sp³-hybridized carbons (Fsp3) is 0.469. The Bertz CT molecular complexity index is 1670. The lowest BCUT2D eigenvalue weighted by molar-refractivity contribution is -0.390. The minimum Gasteiger partial charge on any atom is -0.508 e. The molecule has 1 aromatic heterocycles. The molecule has 12 heteroatoms. The summed E-state index contributed by atoms with van der Waals surface area (Å²) >= 11 is 3.34. The van der Waals surface area contributed by atoms with Gasteiger partial charge in [-0.2, -0.15) is 9.78 Å². The number of ether oxygens (including phenoxy) is 2. The second-order valence-electron chi connectivity index (χ2n) is 13.0. The SMILES string of the molecule is COc1ccc(C2=NN(C(=O)CC34CC5CC(C3)CC(n3cc(Br)c([N+](=O)[O-])n3)(C5)C4)C(c3ccccc3O)C2)c(OC)c1. The van der Waals surface area contributed by atoms with Crippen LogP contribution in [0.25, 0.3) is 0 Å². The van der Waals surface area contributed by atoms with Gasteiger partial charge in [-0.1, -0.05) is 18.2 Å². The zero-order valence-electron chi connectivity index (χ0n) is 24.6. The number of carbonyl (C=O) groups excluding carboxylic acids is 1. The summed E-state index contributed by atoms with van der Waals surface area (Å²) < 4.78 is 13.2. The van der Waals surface area contributed by atoms with Crippen molar-refractivity contribution in [1.29, 1.82) is 0 Å². The van der Waals surface area contributed by atoms with E-state index < -0.39 is 11.0 Å². The Morgan fingerprint density at radius 2 is 1.89 bits per heavy atom. The molecule has 4 fully saturated rings. The molecule has 2 heterocycles. The van der Waals surface area contributed by atoms with E-state index in [4.69, 9.17) is 14.6 Å². The van der Waals surface area contributed by atoms with Gasteiger partial charge in [-0.25, -0.2) is 5.01 Å². The molecule has 2 aromatic carbocycles. The number of rotatable bonds is 8. The molecule has 1 amide bonds. The van der Waals surface area contributed by atoms with E-state index in [9.17, 15) is 20.0 Å². The maximum Gasteiger partial charge on any atom is 0.404 e. The zero-order chi connectivity index (χ0) is 30.8. The number of phenols is 1. The molecule has 5 aliphatic rings. The van der Waals surface area contributed by atoms with Crippen molar-refractivity contribution in [2.45, 2.75) is 62.9 Å². The van der Waals surface area contributed by atoms with Gasteiger partial charge < -0.3 is 24.7 Å².